The number of nitrogens with two attached hydrogens (primary N) is 2. The van der Waals surface area contributed by atoms with Crippen LogP contribution in [0, 0.1) is 6.92 Å². The van der Waals surface area contributed by atoms with E-state index < -0.39 is 5.91 Å². The second kappa shape index (κ2) is 5.44. The number of primary amides is 1. The van der Waals surface area contributed by atoms with Gasteiger partial charge in [-0.3, -0.25) is 9.20 Å². The summed E-state index contributed by atoms with van der Waals surface area (Å²) in [6.07, 6.45) is 4.01. The molecule has 0 saturated heterocycles. The van der Waals surface area contributed by atoms with Crippen LogP contribution >= 0.6 is 0 Å². The zero-order valence-electron chi connectivity index (χ0n) is 16.9. The summed E-state index contributed by atoms with van der Waals surface area (Å²) in [6.45, 7) is 1.97. The number of amides is 1. The molecule has 0 aliphatic heterocycles. The number of nitrogens with zero attached hydrogens (tertiary/aromatic N) is 4. The maximum Gasteiger partial charge on any atom is 0.308 e. The minimum absolute atomic E-state index is 0.105. The van der Waals surface area contributed by atoms with E-state index in [2.05, 4.69) is 4.40 Å². The first-order valence-electron chi connectivity index (χ1n) is 9.81. The Morgan fingerprint density at radius 2 is 2.03 bits per heavy atom. The highest BCUT2D eigenvalue weighted by molar-refractivity contribution is 6.19. The summed E-state index contributed by atoms with van der Waals surface area (Å²) in [5, 5.41) is 0.562. The summed E-state index contributed by atoms with van der Waals surface area (Å²) in [7, 11) is 3.57. The number of carbonyl (C=O) groups excluding carboxylic acids is 1. The number of methoxy groups -OCH3 is 1. The number of anilines is 1. The van der Waals surface area contributed by atoms with Crippen molar-refractivity contribution in [2.45, 2.75) is 25.9 Å². The number of imidazole rings is 1. The maximum absolute atomic E-state index is 12.5. The number of hydrogen-bond acceptors (Lipinski definition) is 5. The van der Waals surface area contributed by atoms with Crippen LogP contribution in [0.4, 0.5) is 5.82 Å². The monoisotopic (exact) mass is 405 g/mol. The number of carbonyl (C=O) groups is 1. The van der Waals surface area contributed by atoms with Gasteiger partial charge in [0.2, 0.25) is 5.52 Å². The molecule has 0 bridgehead atoms. The molecule has 0 atom stereocenters. The van der Waals surface area contributed by atoms with Gasteiger partial charge in [-0.05, 0) is 31.9 Å². The number of ether oxygens (including phenoxy) is 2. The third-order valence-corrected chi connectivity index (χ3v) is 6.04. The summed E-state index contributed by atoms with van der Waals surface area (Å²) < 4.78 is 17.6. The summed E-state index contributed by atoms with van der Waals surface area (Å²) in [5.41, 5.74) is 17.6. The molecule has 1 saturated carbocycles. The number of aryl methyl sites for hydroxylation is 2. The Morgan fingerprint density at radius 1 is 1.27 bits per heavy atom. The van der Waals surface area contributed by atoms with Gasteiger partial charge in [0.1, 0.15) is 28.7 Å². The Labute approximate surface area is 170 Å². The third-order valence-electron chi connectivity index (χ3n) is 6.04. The van der Waals surface area contributed by atoms with Gasteiger partial charge in [-0.25, -0.2) is 8.97 Å². The minimum atomic E-state index is -0.607. The summed E-state index contributed by atoms with van der Waals surface area (Å²) in [5.74, 6) is 0.802. The Balaban J connectivity index is 1.96. The van der Waals surface area contributed by atoms with Gasteiger partial charge in [-0.1, -0.05) is 4.98 Å². The van der Waals surface area contributed by atoms with E-state index in [0.717, 1.165) is 51.9 Å². The zero-order chi connectivity index (χ0) is 20.9. The Kier molecular flexibility index (Phi) is 3.11. The molecule has 4 heterocycles. The molecular formula is C21H21N6O3+. The van der Waals surface area contributed by atoms with Gasteiger partial charge >= 0.3 is 11.5 Å². The molecule has 0 spiro atoms. The average molecular weight is 405 g/mol. The molecular weight excluding hydrogens is 384 g/mol. The largest absolute Gasteiger partial charge is 0.496 e. The van der Waals surface area contributed by atoms with Crippen molar-refractivity contribution in [3.63, 3.8) is 0 Å². The molecule has 0 unspecified atom stereocenters. The van der Waals surface area contributed by atoms with E-state index in [4.69, 9.17) is 25.9 Å². The summed E-state index contributed by atoms with van der Waals surface area (Å²) >= 11 is 0. The molecule has 9 heteroatoms. The van der Waals surface area contributed by atoms with Gasteiger partial charge in [0.05, 0.1) is 30.6 Å². The van der Waals surface area contributed by atoms with Crippen LogP contribution in [0.25, 0.3) is 33.1 Å². The molecule has 152 valence electrons. The lowest BCUT2D eigenvalue weighted by molar-refractivity contribution is -0.647. The van der Waals surface area contributed by atoms with Crippen molar-refractivity contribution in [3.8, 4) is 11.6 Å². The van der Waals surface area contributed by atoms with Crippen LogP contribution in [0.3, 0.4) is 0 Å². The van der Waals surface area contributed by atoms with E-state index in [1.54, 1.807) is 7.11 Å². The lowest BCUT2D eigenvalue weighted by atomic mass is 10.1. The van der Waals surface area contributed by atoms with E-state index in [9.17, 15) is 4.79 Å². The van der Waals surface area contributed by atoms with Gasteiger partial charge < -0.3 is 20.9 Å². The number of benzene rings is 1. The van der Waals surface area contributed by atoms with Crippen LogP contribution in [-0.4, -0.2) is 32.9 Å². The molecule has 4 N–H and O–H groups in total. The fraction of sp³-hybridized carbons (Fsp3) is 0.286. The van der Waals surface area contributed by atoms with Gasteiger partial charge in [0.25, 0.3) is 5.91 Å². The van der Waals surface area contributed by atoms with Crippen LogP contribution in [0.1, 0.15) is 28.8 Å². The summed E-state index contributed by atoms with van der Waals surface area (Å²) in [6, 6.07) is 3.91. The van der Waals surface area contributed by atoms with Gasteiger partial charge in [0, 0.05) is 5.56 Å². The van der Waals surface area contributed by atoms with Gasteiger partial charge in [-0.15, -0.1) is 0 Å². The number of pyridine rings is 1. The predicted molar refractivity (Wildman–Crippen MR) is 111 cm³/mol. The van der Waals surface area contributed by atoms with Gasteiger partial charge in [-0.2, -0.15) is 0 Å². The Morgan fingerprint density at radius 3 is 2.70 bits per heavy atom. The number of rotatable bonds is 4. The smallest absolute Gasteiger partial charge is 0.308 e. The van der Waals surface area contributed by atoms with Crippen molar-refractivity contribution in [3.05, 3.63) is 29.6 Å². The second-order valence-corrected chi connectivity index (χ2v) is 7.95. The van der Waals surface area contributed by atoms with E-state index in [-0.39, 0.29) is 17.5 Å². The van der Waals surface area contributed by atoms with Crippen LogP contribution in [0.2, 0.25) is 0 Å². The molecule has 9 nitrogen and oxygen atoms in total. The number of fused-ring (bicyclic) bond motifs is 3. The van der Waals surface area contributed by atoms with Crippen molar-refractivity contribution in [1.29, 1.82) is 0 Å². The predicted octanol–water partition coefficient (Wildman–Crippen LogP) is 1.70. The van der Waals surface area contributed by atoms with Gasteiger partial charge in [0.15, 0.2) is 6.33 Å². The molecule has 30 heavy (non-hydrogen) atoms. The molecule has 1 aliphatic carbocycles. The van der Waals surface area contributed by atoms with E-state index in [1.165, 1.54) is 0 Å². The molecule has 1 fully saturated rings. The Hall–Kier alpha value is -3.75. The van der Waals surface area contributed by atoms with E-state index >= 15 is 0 Å². The topological polar surface area (TPSA) is 113 Å². The fourth-order valence-electron chi connectivity index (χ4n) is 4.55. The molecule has 1 aromatic carbocycles. The normalized spacial score (nSPS) is 14.5. The molecule has 4 aromatic heterocycles. The number of hydrogen-bond donors (Lipinski definition) is 2. The lowest BCUT2D eigenvalue weighted by Gasteiger charge is -2.12. The van der Waals surface area contributed by atoms with Crippen molar-refractivity contribution >= 4 is 44.8 Å². The number of nitrogen functional groups attached to an aromatic ring is 1. The van der Waals surface area contributed by atoms with E-state index in [0.29, 0.717) is 11.3 Å². The summed E-state index contributed by atoms with van der Waals surface area (Å²) in [4.78, 5) is 17.3. The maximum atomic E-state index is 12.5. The highest BCUT2D eigenvalue weighted by Crippen LogP contribution is 2.43. The quantitative estimate of drug-likeness (QED) is 0.349. The molecule has 1 amide bonds. The minimum Gasteiger partial charge on any atom is -0.496 e. The lowest BCUT2D eigenvalue weighted by Crippen LogP contribution is -2.26. The molecule has 5 aromatic rings. The van der Waals surface area contributed by atoms with Crippen LogP contribution < -0.4 is 25.5 Å². The molecule has 1 aliphatic rings. The van der Waals surface area contributed by atoms with Crippen molar-refractivity contribution in [1.82, 2.24) is 13.8 Å². The first kappa shape index (κ1) is 17.1. The third kappa shape index (κ3) is 1.94. The fourth-order valence-corrected chi connectivity index (χ4v) is 4.55. The Bertz CT molecular complexity index is 1530. The SMILES string of the molecule is COc1ccc2c(c1C)n1c(N)c(C(N)=O)c3c(OC4CC4)nc4c(c31)n2c[n+]4C. The average Bonchev–Trinajstić information content (AvgIpc) is 3.39. The first-order chi connectivity index (χ1) is 14.4. The highest BCUT2D eigenvalue weighted by Gasteiger charge is 2.35. The van der Waals surface area contributed by atoms with Crippen LogP contribution in [0.15, 0.2) is 18.5 Å². The molecule has 0 radical (unpaired) electrons. The van der Waals surface area contributed by atoms with Crippen LogP contribution in [-0.2, 0) is 7.05 Å². The zero-order valence-corrected chi connectivity index (χ0v) is 16.9. The van der Waals surface area contributed by atoms with Crippen LogP contribution in [0.5, 0.6) is 11.6 Å². The molecule has 6 rings (SSSR count). The van der Waals surface area contributed by atoms with E-state index in [1.807, 2.05) is 41.4 Å². The van der Waals surface area contributed by atoms with Crippen molar-refractivity contribution < 1.29 is 18.8 Å². The van der Waals surface area contributed by atoms with Crippen molar-refractivity contribution in [2.24, 2.45) is 12.8 Å². The highest BCUT2D eigenvalue weighted by atomic mass is 16.5. The number of aromatic nitrogens is 4. The second-order valence-electron chi connectivity index (χ2n) is 7.95. The first-order valence-corrected chi connectivity index (χ1v) is 9.81. The van der Waals surface area contributed by atoms with Crippen molar-refractivity contribution in [2.75, 3.05) is 12.8 Å². The standard InChI is InChI=1S/C21H20N6O3/c1-9-12(29-3)7-6-11-15(9)27-16-13(14(18(27)22)19(23)28)21(30-10-4-5-10)24-20-17(16)26(11)8-25(20)2/h6-8,10H,4-5H2,1-3H3,(H3-,22,23,28)/p+1.